The Labute approximate surface area is 172 Å². The Morgan fingerprint density at radius 3 is 2.31 bits per heavy atom. The van der Waals surface area contributed by atoms with Gasteiger partial charge in [-0.05, 0) is 73.7 Å². The molecule has 1 aromatic heterocycles. The van der Waals surface area contributed by atoms with Crippen LogP contribution in [0.1, 0.15) is 11.5 Å². The Kier molecular flexibility index (Phi) is 4.97. The largest absolute Gasteiger partial charge is 0.462 e. The molecule has 29 heavy (non-hydrogen) atoms. The Bertz CT molecular complexity index is 1120. The van der Waals surface area contributed by atoms with Crippen LogP contribution in [0.15, 0.2) is 76.7 Å². The van der Waals surface area contributed by atoms with E-state index >= 15 is 0 Å². The first kappa shape index (κ1) is 18.6. The molecule has 7 heteroatoms. The number of furan rings is 1. The van der Waals surface area contributed by atoms with Crippen LogP contribution in [0, 0.1) is 6.92 Å². The van der Waals surface area contributed by atoms with Crippen molar-refractivity contribution in [1.82, 2.24) is 5.32 Å². The lowest BCUT2D eigenvalue weighted by Gasteiger charge is -2.28. The molecule has 0 atom stereocenters. The zero-order valence-corrected chi connectivity index (χ0v) is 16.2. The van der Waals surface area contributed by atoms with Gasteiger partial charge in [0, 0.05) is 0 Å². The van der Waals surface area contributed by atoms with Gasteiger partial charge < -0.3 is 9.15 Å². The summed E-state index contributed by atoms with van der Waals surface area (Å²) >= 11 is 5.21. The molecule has 0 radical (unpaired) electrons. The highest BCUT2D eigenvalue weighted by Crippen LogP contribution is 2.27. The summed E-state index contributed by atoms with van der Waals surface area (Å²) in [6.45, 7) is 1.78. The topological polar surface area (TPSA) is 71.8 Å². The van der Waals surface area contributed by atoms with Gasteiger partial charge in [-0.2, -0.15) is 0 Å². The Hall–Kier alpha value is -3.71. The van der Waals surface area contributed by atoms with Crippen LogP contribution < -0.4 is 15.0 Å². The van der Waals surface area contributed by atoms with Gasteiger partial charge in [0.05, 0.1) is 5.69 Å². The summed E-state index contributed by atoms with van der Waals surface area (Å²) in [6, 6.07) is 19.7. The van der Waals surface area contributed by atoms with Gasteiger partial charge in [0.2, 0.25) is 0 Å². The lowest BCUT2D eigenvalue weighted by atomic mass is 10.1. The quantitative estimate of drug-likeness (QED) is 0.401. The zero-order valence-electron chi connectivity index (χ0n) is 15.4. The molecule has 1 N–H and O–H groups in total. The Balaban J connectivity index is 1.59. The number of ether oxygens (including phenoxy) is 1. The fourth-order valence-corrected chi connectivity index (χ4v) is 3.13. The maximum atomic E-state index is 13.0. The second-order valence-corrected chi connectivity index (χ2v) is 6.70. The lowest BCUT2D eigenvalue weighted by Crippen LogP contribution is -2.54. The van der Waals surface area contributed by atoms with Crippen molar-refractivity contribution in [3.63, 3.8) is 0 Å². The van der Waals surface area contributed by atoms with Crippen molar-refractivity contribution in [2.75, 3.05) is 4.90 Å². The molecule has 1 aliphatic rings. The maximum Gasteiger partial charge on any atom is 0.270 e. The summed E-state index contributed by atoms with van der Waals surface area (Å²) in [4.78, 5) is 26.5. The number of carbonyl (C=O) groups is 2. The highest BCUT2D eigenvalue weighted by atomic mass is 32.1. The summed E-state index contributed by atoms with van der Waals surface area (Å²) in [7, 11) is 0. The normalized spacial score (nSPS) is 15.6. The number of amides is 2. The van der Waals surface area contributed by atoms with E-state index in [4.69, 9.17) is 21.4 Å². The smallest absolute Gasteiger partial charge is 0.270 e. The highest BCUT2D eigenvalue weighted by molar-refractivity contribution is 7.80. The van der Waals surface area contributed by atoms with E-state index in [-0.39, 0.29) is 10.7 Å². The number of rotatable bonds is 4. The standard InChI is InChI=1S/C22H16N2O4S/c1-14-7-10-18(27-14)13-19-20(25)23-22(29)24(21(19)26)15-8-11-17(12-9-15)28-16-5-3-2-4-6-16/h2-13H,1H3,(H,23,25,29). The summed E-state index contributed by atoms with van der Waals surface area (Å²) in [5.41, 5.74) is 0.458. The molecule has 0 bridgehead atoms. The second kappa shape index (κ2) is 7.73. The molecule has 0 unspecified atom stereocenters. The van der Waals surface area contributed by atoms with Crippen LogP contribution in [0.5, 0.6) is 11.5 Å². The van der Waals surface area contributed by atoms with Gasteiger partial charge >= 0.3 is 0 Å². The number of hydrogen-bond donors (Lipinski definition) is 1. The zero-order chi connectivity index (χ0) is 20.4. The van der Waals surface area contributed by atoms with E-state index in [1.54, 1.807) is 43.3 Å². The van der Waals surface area contributed by atoms with Crippen molar-refractivity contribution in [2.45, 2.75) is 6.92 Å². The second-order valence-electron chi connectivity index (χ2n) is 6.32. The van der Waals surface area contributed by atoms with Gasteiger partial charge in [-0.15, -0.1) is 0 Å². The summed E-state index contributed by atoms with van der Waals surface area (Å²) in [5, 5.41) is 2.56. The molecule has 0 spiro atoms. The molecule has 0 saturated carbocycles. The van der Waals surface area contributed by atoms with Crippen molar-refractivity contribution in [3.05, 3.63) is 83.8 Å². The van der Waals surface area contributed by atoms with E-state index in [1.165, 1.54) is 11.0 Å². The first-order valence-corrected chi connectivity index (χ1v) is 9.23. The first-order chi connectivity index (χ1) is 14.0. The monoisotopic (exact) mass is 404 g/mol. The van der Waals surface area contributed by atoms with Gasteiger partial charge in [-0.3, -0.25) is 19.8 Å². The SMILES string of the molecule is Cc1ccc(C=C2C(=O)NC(=S)N(c3ccc(Oc4ccccc4)cc3)C2=O)o1. The van der Waals surface area contributed by atoms with Crippen LogP contribution in [0.3, 0.4) is 0 Å². The summed E-state index contributed by atoms with van der Waals surface area (Å²) in [6.07, 6.45) is 1.41. The predicted octanol–water partition coefficient (Wildman–Crippen LogP) is 4.21. The summed E-state index contributed by atoms with van der Waals surface area (Å²) in [5.74, 6) is 1.33. The number of nitrogens with zero attached hydrogens (tertiary/aromatic N) is 1. The van der Waals surface area contributed by atoms with E-state index in [2.05, 4.69) is 5.32 Å². The molecule has 4 rings (SSSR count). The third-order valence-corrected chi connectivity index (χ3v) is 4.51. The first-order valence-electron chi connectivity index (χ1n) is 8.82. The lowest BCUT2D eigenvalue weighted by molar-refractivity contribution is -0.122. The molecule has 1 saturated heterocycles. The number of thiocarbonyl (C=S) groups is 1. The average molecular weight is 404 g/mol. The van der Waals surface area contributed by atoms with E-state index in [1.807, 2.05) is 30.3 Å². The third-order valence-electron chi connectivity index (χ3n) is 4.22. The van der Waals surface area contributed by atoms with Crippen LogP contribution in [0.25, 0.3) is 6.08 Å². The van der Waals surface area contributed by atoms with E-state index < -0.39 is 11.8 Å². The minimum atomic E-state index is -0.561. The highest BCUT2D eigenvalue weighted by Gasteiger charge is 2.34. The summed E-state index contributed by atoms with van der Waals surface area (Å²) < 4.78 is 11.2. The predicted molar refractivity (Wildman–Crippen MR) is 113 cm³/mol. The van der Waals surface area contributed by atoms with Crippen molar-refractivity contribution >= 4 is 40.9 Å². The van der Waals surface area contributed by atoms with E-state index in [0.29, 0.717) is 28.7 Å². The third kappa shape index (κ3) is 3.95. The molecule has 144 valence electrons. The molecular weight excluding hydrogens is 388 g/mol. The van der Waals surface area contributed by atoms with E-state index in [9.17, 15) is 9.59 Å². The van der Waals surface area contributed by atoms with Crippen LogP contribution in [-0.2, 0) is 9.59 Å². The number of aryl methyl sites for hydroxylation is 1. The van der Waals surface area contributed by atoms with Gasteiger partial charge in [0.15, 0.2) is 5.11 Å². The average Bonchev–Trinajstić information content (AvgIpc) is 3.12. The number of para-hydroxylation sites is 1. The maximum absolute atomic E-state index is 13.0. The van der Waals surface area contributed by atoms with Crippen LogP contribution in [0.2, 0.25) is 0 Å². The van der Waals surface area contributed by atoms with Crippen molar-refractivity contribution < 1.29 is 18.7 Å². The molecule has 3 aromatic rings. The Morgan fingerprint density at radius 2 is 1.66 bits per heavy atom. The van der Waals surface area contributed by atoms with Gasteiger partial charge in [0.25, 0.3) is 11.8 Å². The van der Waals surface area contributed by atoms with Crippen LogP contribution >= 0.6 is 12.2 Å². The van der Waals surface area contributed by atoms with Crippen molar-refractivity contribution in [2.24, 2.45) is 0 Å². The van der Waals surface area contributed by atoms with Gasteiger partial charge in [-0.1, -0.05) is 18.2 Å². The minimum absolute atomic E-state index is 0.0181. The minimum Gasteiger partial charge on any atom is -0.462 e. The molecule has 0 aliphatic carbocycles. The Morgan fingerprint density at radius 1 is 0.966 bits per heavy atom. The fourth-order valence-electron chi connectivity index (χ4n) is 2.85. The van der Waals surface area contributed by atoms with Crippen LogP contribution in [-0.4, -0.2) is 16.9 Å². The van der Waals surface area contributed by atoms with Gasteiger partial charge in [-0.25, -0.2) is 0 Å². The number of anilines is 1. The number of carbonyl (C=O) groups excluding carboxylic acids is 2. The molecule has 1 aliphatic heterocycles. The molecule has 2 heterocycles. The molecular formula is C22H16N2O4S. The molecule has 1 fully saturated rings. The number of nitrogens with one attached hydrogen (secondary N) is 1. The molecule has 2 amide bonds. The number of hydrogen-bond acceptors (Lipinski definition) is 5. The molecule has 6 nitrogen and oxygen atoms in total. The van der Waals surface area contributed by atoms with Gasteiger partial charge in [0.1, 0.15) is 28.6 Å². The fraction of sp³-hybridized carbons (Fsp3) is 0.0455. The van der Waals surface area contributed by atoms with Crippen molar-refractivity contribution in [1.29, 1.82) is 0 Å². The van der Waals surface area contributed by atoms with E-state index in [0.717, 1.165) is 0 Å². The van der Waals surface area contributed by atoms with Crippen LogP contribution in [0.4, 0.5) is 5.69 Å². The molecule has 2 aromatic carbocycles. The van der Waals surface area contributed by atoms with Crippen molar-refractivity contribution in [3.8, 4) is 11.5 Å². The number of benzene rings is 2.